The van der Waals surface area contributed by atoms with Gasteiger partial charge in [0.1, 0.15) is 29.9 Å². The summed E-state index contributed by atoms with van der Waals surface area (Å²) >= 11 is 0. The molecule has 7 aromatic carbocycles. The van der Waals surface area contributed by atoms with Crippen LogP contribution in [-0.4, -0.2) is 61.5 Å². The molecule has 0 saturated heterocycles. The monoisotopic (exact) mass is 981 g/mol. The van der Waals surface area contributed by atoms with Crippen LogP contribution in [0.2, 0.25) is 0 Å². The summed E-state index contributed by atoms with van der Waals surface area (Å²) < 4.78 is 59.6. The summed E-state index contributed by atoms with van der Waals surface area (Å²) in [6, 6.07) is 61.9. The van der Waals surface area contributed by atoms with Gasteiger partial charge in [-0.05, 0) is 76.7 Å². The van der Waals surface area contributed by atoms with Crippen molar-refractivity contribution in [3.63, 3.8) is 0 Å². The number of aryl methyl sites for hydroxylation is 1. The van der Waals surface area contributed by atoms with Gasteiger partial charge in [-0.1, -0.05) is 163 Å². The molecule has 0 bridgehead atoms. The lowest BCUT2D eigenvalue weighted by Gasteiger charge is -2.37. The Morgan fingerprint density at radius 3 is 1.64 bits per heavy atom. The smallest absolute Gasteiger partial charge is 0.297 e. The van der Waals surface area contributed by atoms with Gasteiger partial charge >= 0.3 is 0 Å². The lowest BCUT2D eigenvalue weighted by Crippen LogP contribution is -2.40. The SMILES string of the molecule is COc1ccc(CC(Nc2nc3c(ncn3COC(COC(Cc3ccc(OC)cc3)(c3ccccc3)c3ccccc3)COS(=O)(=O)c3ccc(C)cc3)c(=O)[nH]2)(c2ccccc2)c2ccccc2)cc1. The van der Waals surface area contributed by atoms with Gasteiger partial charge in [-0.2, -0.15) is 13.4 Å². The first-order valence-corrected chi connectivity index (χ1v) is 24.9. The molecule has 9 aromatic rings. The Morgan fingerprint density at radius 2 is 1.12 bits per heavy atom. The molecule has 0 fully saturated rings. The fourth-order valence-electron chi connectivity index (χ4n) is 8.90. The Balaban J connectivity index is 1.07. The van der Waals surface area contributed by atoms with Gasteiger partial charge in [0.2, 0.25) is 5.95 Å². The zero-order valence-corrected chi connectivity index (χ0v) is 41.0. The molecular formula is C58H55N5O8S. The molecule has 0 amide bonds. The average Bonchev–Trinajstić information content (AvgIpc) is 3.84. The fourth-order valence-corrected chi connectivity index (χ4v) is 9.84. The van der Waals surface area contributed by atoms with Crippen molar-refractivity contribution in [3.8, 4) is 11.5 Å². The highest BCUT2D eigenvalue weighted by molar-refractivity contribution is 7.86. The molecule has 0 radical (unpaired) electrons. The van der Waals surface area contributed by atoms with Crippen LogP contribution < -0.4 is 20.3 Å². The minimum absolute atomic E-state index is 0.00771. The highest BCUT2D eigenvalue weighted by Gasteiger charge is 2.38. The van der Waals surface area contributed by atoms with Crippen molar-refractivity contribution < 1.29 is 31.5 Å². The lowest BCUT2D eigenvalue weighted by atomic mass is 9.78. The maximum Gasteiger partial charge on any atom is 0.297 e. The Labute approximate surface area is 419 Å². The largest absolute Gasteiger partial charge is 0.497 e. The number of nitrogens with zero attached hydrogens (tertiary/aromatic N) is 3. The number of anilines is 1. The second-order valence-corrected chi connectivity index (χ2v) is 19.1. The van der Waals surface area contributed by atoms with Crippen molar-refractivity contribution in [1.29, 1.82) is 0 Å². The molecule has 72 heavy (non-hydrogen) atoms. The van der Waals surface area contributed by atoms with Crippen molar-refractivity contribution in [2.45, 2.75) is 48.6 Å². The number of fused-ring (bicyclic) bond motifs is 1. The summed E-state index contributed by atoms with van der Waals surface area (Å²) in [4.78, 5) is 26.4. The van der Waals surface area contributed by atoms with E-state index < -0.39 is 39.5 Å². The molecule has 1 atom stereocenters. The van der Waals surface area contributed by atoms with Crippen molar-refractivity contribution >= 4 is 27.2 Å². The van der Waals surface area contributed by atoms with Crippen LogP contribution in [-0.2, 0) is 54.5 Å². The lowest BCUT2D eigenvalue weighted by molar-refractivity contribution is -0.105. The van der Waals surface area contributed by atoms with Crippen LogP contribution in [0.1, 0.15) is 38.9 Å². The van der Waals surface area contributed by atoms with Crippen molar-refractivity contribution in [1.82, 2.24) is 19.5 Å². The van der Waals surface area contributed by atoms with E-state index in [0.29, 0.717) is 12.8 Å². The van der Waals surface area contributed by atoms with Gasteiger partial charge in [0.15, 0.2) is 11.2 Å². The molecule has 13 nitrogen and oxygen atoms in total. The number of nitrogens with one attached hydrogen (secondary N) is 2. The number of aromatic nitrogens is 4. The van der Waals surface area contributed by atoms with Gasteiger partial charge in [0, 0.05) is 12.8 Å². The molecule has 14 heteroatoms. The summed E-state index contributed by atoms with van der Waals surface area (Å²) in [5, 5.41) is 3.67. The normalized spacial score (nSPS) is 12.4. The van der Waals surface area contributed by atoms with Crippen molar-refractivity contribution in [2.75, 3.05) is 32.8 Å². The molecule has 366 valence electrons. The first-order valence-electron chi connectivity index (χ1n) is 23.5. The van der Waals surface area contributed by atoms with Gasteiger partial charge in [0.25, 0.3) is 15.7 Å². The van der Waals surface area contributed by atoms with Crippen LogP contribution in [0.15, 0.2) is 210 Å². The average molecular weight is 982 g/mol. The third-order valence-electron chi connectivity index (χ3n) is 12.7. The van der Waals surface area contributed by atoms with Crippen LogP contribution in [0.4, 0.5) is 5.95 Å². The Morgan fingerprint density at radius 1 is 0.625 bits per heavy atom. The first kappa shape index (κ1) is 49.1. The predicted molar refractivity (Wildman–Crippen MR) is 278 cm³/mol. The van der Waals surface area contributed by atoms with Gasteiger partial charge in [-0.15, -0.1) is 0 Å². The Kier molecular flexibility index (Phi) is 15.0. The van der Waals surface area contributed by atoms with Crippen LogP contribution in [0.3, 0.4) is 0 Å². The van der Waals surface area contributed by atoms with E-state index >= 15 is 0 Å². The highest BCUT2D eigenvalue weighted by Crippen LogP contribution is 2.39. The van der Waals surface area contributed by atoms with Gasteiger partial charge in [-0.25, -0.2) is 4.98 Å². The molecule has 0 aliphatic heterocycles. The van der Waals surface area contributed by atoms with Crippen LogP contribution >= 0.6 is 0 Å². The standard InChI is InChI=1S/C58H55N5O8S/c1-42-24-34-52(35-25-42)72(65,66)71-39-51(38-70-58(47-20-12-6-13-21-47,48-22-14-7-15-23-48)37-44-28-32-50(68-3)33-29-44)69-41-63-40-59-53-54(63)60-56(61-55(53)64)62-57(45-16-8-4-9-17-45,46-18-10-5-11-19-46)36-43-26-30-49(67-2)31-27-43/h4-35,40,51H,36-39,41H2,1-3H3,(H2,60,61,62,64). The Hall–Kier alpha value is -7.88. The van der Waals surface area contributed by atoms with Gasteiger partial charge < -0.3 is 24.3 Å². The third kappa shape index (κ3) is 11.0. The van der Waals surface area contributed by atoms with E-state index in [0.717, 1.165) is 50.4 Å². The molecule has 9 rings (SSSR count). The number of methoxy groups -OCH3 is 2. The van der Waals surface area contributed by atoms with Gasteiger partial charge in [0.05, 0.1) is 44.2 Å². The molecular weight excluding hydrogens is 927 g/mol. The summed E-state index contributed by atoms with van der Waals surface area (Å²) in [6.07, 6.45) is 1.35. The number of imidazole rings is 1. The van der Waals surface area contributed by atoms with Crippen molar-refractivity contribution in [3.05, 3.63) is 250 Å². The van der Waals surface area contributed by atoms with Crippen LogP contribution in [0, 0.1) is 6.92 Å². The number of hydrogen-bond acceptors (Lipinski definition) is 11. The summed E-state index contributed by atoms with van der Waals surface area (Å²) in [6.45, 7) is 1.14. The maximum atomic E-state index is 14.0. The topological polar surface area (TPSA) is 156 Å². The number of benzene rings is 7. The van der Waals surface area contributed by atoms with E-state index in [1.165, 1.54) is 18.5 Å². The molecule has 0 aliphatic carbocycles. The zero-order chi connectivity index (χ0) is 50.0. The highest BCUT2D eigenvalue weighted by atomic mass is 32.2. The van der Waals surface area contributed by atoms with Gasteiger partial charge in [-0.3, -0.25) is 18.5 Å². The second kappa shape index (κ2) is 22.0. The number of aromatic amines is 1. The van der Waals surface area contributed by atoms with Crippen molar-refractivity contribution in [2.24, 2.45) is 0 Å². The van der Waals surface area contributed by atoms with E-state index in [9.17, 15) is 13.2 Å². The summed E-state index contributed by atoms with van der Waals surface area (Å²) in [5.74, 6) is 1.64. The molecule has 1 unspecified atom stereocenters. The molecule has 2 heterocycles. The minimum atomic E-state index is -4.23. The molecule has 2 N–H and O–H groups in total. The van der Waals surface area contributed by atoms with E-state index in [1.807, 2.05) is 177 Å². The molecule has 0 aliphatic rings. The van der Waals surface area contributed by atoms with E-state index in [1.54, 1.807) is 30.9 Å². The summed E-state index contributed by atoms with van der Waals surface area (Å²) in [5.41, 5.74) is 4.33. The molecule has 0 saturated carbocycles. The molecule has 2 aromatic heterocycles. The van der Waals surface area contributed by atoms with Crippen LogP contribution in [0.5, 0.6) is 11.5 Å². The number of rotatable bonds is 22. The molecule has 0 spiro atoms. The van der Waals surface area contributed by atoms with Crippen LogP contribution in [0.25, 0.3) is 11.2 Å². The number of H-pyrrole nitrogens is 1. The number of ether oxygens (including phenoxy) is 4. The van der Waals surface area contributed by atoms with E-state index in [-0.39, 0.29) is 35.3 Å². The first-order chi connectivity index (χ1) is 35.1. The van der Waals surface area contributed by atoms with E-state index in [4.69, 9.17) is 28.1 Å². The fraction of sp³-hybridized carbons (Fsp3) is 0.190. The second-order valence-electron chi connectivity index (χ2n) is 17.5. The predicted octanol–water partition coefficient (Wildman–Crippen LogP) is 9.99. The number of hydrogen-bond donors (Lipinski definition) is 2. The quantitative estimate of drug-likeness (QED) is 0.0624. The zero-order valence-electron chi connectivity index (χ0n) is 40.2. The summed E-state index contributed by atoms with van der Waals surface area (Å²) in [7, 11) is -0.971. The minimum Gasteiger partial charge on any atom is -0.497 e. The maximum absolute atomic E-state index is 14.0. The Bertz CT molecular complexity index is 3260. The van der Waals surface area contributed by atoms with E-state index in [2.05, 4.69) is 15.3 Å². The third-order valence-corrected chi connectivity index (χ3v) is 14.0.